The van der Waals surface area contributed by atoms with Gasteiger partial charge in [-0.05, 0) is 34.6 Å². The average Bonchev–Trinajstić information content (AvgIpc) is 2.79. The van der Waals surface area contributed by atoms with Gasteiger partial charge in [0.2, 0.25) is 10.0 Å². The standard InChI is InChI=1S/C26H30N2O5S/c1-26(2,3)19-12-13-23-21(16-19)28(34(4,30)31)17-24(33-23)25(29)27-14-15-32-22-11-7-9-18-8-5-6-10-20(18)22/h5-13,16,24H,14-15,17H2,1-4H3,(H,27,29)/t24-/m0/s1. The fraction of sp³-hybridized carbons (Fsp3) is 0.346. The summed E-state index contributed by atoms with van der Waals surface area (Å²) in [6.45, 7) is 6.61. The van der Waals surface area contributed by atoms with Crippen LogP contribution in [0.15, 0.2) is 60.7 Å². The van der Waals surface area contributed by atoms with Crippen LogP contribution in [0.5, 0.6) is 11.5 Å². The Hall–Kier alpha value is -3.26. The van der Waals surface area contributed by atoms with E-state index in [2.05, 4.69) is 26.1 Å². The van der Waals surface area contributed by atoms with Crippen molar-refractivity contribution >= 4 is 32.4 Å². The number of hydrogen-bond donors (Lipinski definition) is 1. The Labute approximate surface area is 200 Å². The molecule has 4 rings (SSSR count). The van der Waals surface area contributed by atoms with Gasteiger partial charge in [-0.3, -0.25) is 9.10 Å². The van der Waals surface area contributed by atoms with Crippen LogP contribution in [-0.2, 0) is 20.2 Å². The van der Waals surface area contributed by atoms with Crippen LogP contribution >= 0.6 is 0 Å². The molecule has 0 saturated carbocycles. The molecule has 1 N–H and O–H groups in total. The van der Waals surface area contributed by atoms with Gasteiger partial charge >= 0.3 is 0 Å². The third-order valence-electron chi connectivity index (χ3n) is 5.80. The molecule has 0 aromatic heterocycles. The van der Waals surface area contributed by atoms with E-state index >= 15 is 0 Å². The molecule has 0 radical (unpaired) electrons. The Bertz CT molecular complexity index is 1310. The van der Waals surface area contributed by atoms with E-state index in [-0.39, 0.29) is 31.0 Å². The molecule has 0 aliphatic carbocycles. The first-order valence-corrected chi connectivity index (χ1v) is 13.1. The van der Waals surface area contributed by atoms with E-state index in [1.54, 1.807) is 6.07 Å². The molecule has 3 aromatic rings. The van der Waals surface area contributed by atoms with Crippen molar-refractivity contribution in [2.45, 2.75) is 32.3 Å². The number of carbonyl (C=O) groups is 1. The lowest BCUT2D eigenvalue weighted by atomic mass is 9.86. The zero-order valence-corrected chi connectivity index (χ0v) is 20.7. The van der Waals surface area contributed by atoms with Gasteiger partial charge in [0.15, 0.2) is 6.10 Å². The summed E-state index contributed by atoms with van der Waals surface area (Å²) < 4.78 is 38.1. The van der Waals surface area contributed by atoms with Crippen molar-refractivity contribution in [2.24, 2.45) is 0 Å². The van der Waals surface area contributed by atoms with Gasteiger partial charge < -0.3 is 14.8 Å². The van der Waals surface area contributed by atoms with Gasteiger partial charge in [0, 0.05) is 5.39 Å². The maximum absolute atomic E-state index is 12.8. The molecule has 0 spiro atoms. The Morgan fingerprint density at radius 3 is 2.59 bits per heavy atom. The molecule has 0 saturated heterocycles. The van der Waals surface area contributed by atoms with Crippen LogP contribution in [0.1, 0.15) is 26.3 Å². The molecule has 0 fully saturated rings. The fourth-order valence-electron chi connectivity index (χ4n) is 3.94. The Morgan fingerprint density at radius 2 is 1.85 bits per heavy atom. The SMILES string of the molecule is CC(C)(C)c1ccc2c(c1)N(S(C)(=O)=O)C[C@@H](C(=O)NCCOc1cccc3ccccc13)O2. The molecule has 1 aliphatic rings. The van der Waals surface area contributed by atoms with Crippen molar-refractivity contribution in [3.8, 4) is 11.5 Å². The number of sulfonamides is 1. The molecule has 1 amide bonds. The minimum Gasteiger partial charge on any atom is -0.491 e. The normalized spacial score (nSPS) is 16.0. The number of hydrogen-bond acceptors (Lipinski definition) is 5. The lowest BCUT2D eigenvalue weighted by Crippen LogP contribution is -2.51. The van der Waals surface area contributed by atoms with Crippen molar-refractivity contribution < 1.29 is 22.7 Å². The van der Waals surface area contributed by atoms with Crippen molar-refractivity contribution in [3.05, 3.63) is 66.2 Å². The summed E-state index contributed by atoms with van der Waals surface area (Å²) in [7, 11) is -3.60. The first kappa shape index (κ1) is 23.9. The number of amides is 1. The molecule has 8 heteroatoms. The Kier molecular flexibility index (Phi) is 6.45. The average molecular weight is 483 g/mol. The van der Waals surface area contributed by atoms with Crippen molar-refractivity contribution in [2.75, 3.05) is 30.3 Å². The van der Waals surface area contributed by atoms with E-state index in [0.717, 1.165) is 28.3 Å². The molecule has 1 heterocycles. The second kappa shape index (κ2) is 9.18. The molecule has 34 heavy (non-hydrogen) atoms. The zero-order valence-electron chi connectivity index (χ0n) is 19.9. The first-order chi connectivity index (χ1) is 16.0. The van der Waals surface area contributed by atoms with Gasteiger partial charge in [-0.1, -0.05) is 63.2 Å². The summed E-state index contributed by atoms with van der Waals surface area (Å²) in [5.74, 6) is 0.727. The molecule has 7 nitrogen and oxygen atoms in total. The van der Waals surface area contributed by atoms with Crippen molar-refractivity contribution in [1.29, 1.82) is 0 Å². The molecule has 1 atom stereocenters. The number of nitrogens with zero attached hydrogens (tertiary/aromatic N) is 1. The summed E-state index contributed by atoms with van der Waals surface area (Å²) in [6.07, 6.45) is 0.180. The van der Waals surface area contributed by atoms with Crippen molar-refractivity contribution in [3.63, 3.8) is 0 Å². The van der Waals surface area contributed by atoms with Crippen LogP contribution in [0.3, 0.4) is 0 Å². The van der Waals surface area contributed by atoms with Crippen LogP contribution < -0.4 is 19.1 Å². The second-order valence-electron chi connectivity index (χ2n) is 9.45. The fourth-order valence-corrected chi connectivity index (χ4v) is 4.85. The Morgan fingerprint density at radius 1 is 1.12 bits per heavy atom. The number of carbonyl (C=O) groups excluding carboxylic acids is 1. The molecular formula is C26H30N2O5S. The first-order valence-electron chi connectivity index (χ1n) is 11.2. The predicted molar refractivity (Wildman–Crippen MR) is 134 cm³/mol. The third kappa shape index (κ3) is 5.12. The Balaban J connectivity index is 1.42. The van der Waals surface area contributed by atoms with E-state index in [1.165, 1.54) is 4.31 Å². The summed E-state index contributed by atoms with van der Waals surface area (Å²) in [4.78, 5) is 12.8. The second-order valence-corrected chi connectivity index (χ2v) is 11.4. The quantitative estimate of drug-likeness (QED) is 0.540. The summed E-state index contributed by atoms with van der Waals surface area (Å²) >= 11 is 0. The maximum Gasteiger partial charge on any atom is 0.263 e. The van der Waals surface area contributed by atoms with Gasteiger partial charge in [0.1, 0.15) is 18.1 Å². The van der Waals surface area contributed by atoms with Crippen molar-refractivity contribution in [1.82, 2.24) is 5.32 Å². The summed E-state index contributed by atoms with van der Waals surface area (Å²) in [6, 6.07) is 19.2. The lowest BCUT2D eigenvalue weighted by Gasteiger charge is -2.35. The molecular weight excluding hydrogens is 452 g/mol. The van der Waals surface area contributed by atoms with E-state index in [4.69, 9.17) is 9.47 Å². The van der Waals surface area contributed by atoms with Gasteiger partial charge in [0.05, 0.1) is 25.0 Å². The summed E-state index contributed by atoms with van der Waals surface area (Å²) in [5, 5.41) is 4.88. The largest absolute Gasteiger partial charge is 0.491 e. The highest BCUT2D eigenvalue weighted by Gasteiger charge is 2.35. The summed E-state index contributed by atoms with van der Waals surface area (Å²) in [5.41, 5.74) is 1.28. The topological polar surface area (TPSA) is 84.9 Å². The number of anilines is 1. The number of rotatable bonds is 6. The highest BCUT2D eigenvalue weighted by atomic mass is 32.2. The van der Waals surface area contributed by atoms with Crippen LogP contribution in [-0.4, -0.2) is 46.4 Å². The van der Waals surface area contributed by atoms with Crippen LogP contribution in [0.25, 0.3) is 10.8 Å². The van der Waals surface area contributed by atoms with Crippen LogP contribution in [0.2, 0.25) is 0 Å². The minimum atomic E-state index is -3.60. The molecule has 0 unspecified atom stereocenters. The lowest BCUT2D eigenvalue weighted by molar-refractivity contribution is -0.127. The molecule has 1 aliphatic heterocycles. The maximum atomic E-state index is 12.8. The smallest absolute Gasteiger partial charge is 0.263 e. The number of fused-ring (bicyclic) bond motifs is 2. The predicted octanol–water partition coefficient (Wildman–Crippen LogP) is 3.86. The van der Waals surface area contributed by atoms with Gasteiger partial charge in [0.25, 0.3) is 5.91 Å². The molecule has 180 valence electrons. The van der Waals surface area contributed by atoms with Gasteiger partial charge in [-0.15, -0.1) is 0 Å². The van der Waals surface area contributed by atoms with Gasteiger partial charge in [-0.2, -0.15) is 0 Å². The third-order valence-corrected chi connectivity index (χ3v) is 6.94. The number of ether oxygens (including phenoxy) is 2. The van der Waals surface area contributed by atoms with E-state index in [0.29, 0.717) is 11.4 Å². The zero-order chi connectivity index (χ0) is 24.5. The van der Waals surface area contributed by atoms with Gasteiger partial charge in [-0.25, -0.2) is 8.42 Å². The van der Waals surface area contributed by atoms with Crippen LogP contribution in [0, 0.1) is 0 Å². The van der Waals surface area contributed by atoms with E-state index in [1.807, 2.05) is 54.6 Å². The molecule has 3 aromatic carbocycles. The molecule has 0 bridgehead atoms. The highest BCUT2D eigenvalue weighted by Crippen LogP contribution is 2.38. The minimum absolute atomic E-state index is 0.0879. The van der Waals surface area contributed by atoms with Crippen LogP contribution in [0.4, 0.5) is 5.69 Å². The number of benzene rings is 3. The highest BCUT2D eigenvalue weighted by molar-refractivity contribution is 7.92. The monoisotopic (exact) mass is 482 g/mol. The number of nitrogens with one attached hydrogen (secondary N) is 1. The van der Waals surface area contributed by atoms with E-state index in [9.17, 15) is 13.2 Å². The van der Waals surface area contributed by atoms with E-state index < -0.39 is 16.1 Å².